The maximum Gasteiger partial charge on any atom is 0.191 e. The first-order chi connectivity index (χ1) is 10.9. The zero-order valence-corrected chi connectivity index (χ0v) is 18.8. The molecule has 0 fully saturated rings. The number of guanidine groups is 1. The molecular formula is C16H26IN5S2. The highest BCUT2D eigenvalue weighted by Crippen LogP contribution is 2.25. The second-order valence-corrected chi connectivity index (χ2v) is 8.27. The van der Waals surface area contributed by atoms with Crippen LogP contribution in [-0.4, -0.2) is 29.5 Å². The zero-order chi connectivity index (χ0) is 16.9. The Kier molecular flexibility index (Phi) is 8.58. The monoisotopic (exact) mass is 479 g/mol. The van der Waals surface area contributed by atoms with E-state index < -0.39 is 0 Å². The summed E-state index contributed by atoms with van der Waals surface area (Å²) in [6.45, 7) is 10.1. The van der Waals surface area contributed by atoms with Crippen LogP contribution in [0, 0.1) is 6.92 Å². The van der Waals surface area contributed by atoms with Crippen LogP contribution < -0.4 is 10.6 Å². The van der Waals surface area contributed by atoms with Crippen molar-refractivity contribution < 1.29 is 0 Å². The van der Waals surface area contributed by atoms with Crippen LogP contribution in [0.4, 0.5) is 0 Å². The SMILES string of the molecule is CN=C(NCCc1csc(C)n1)NCc1csc(C(C)(C)C)n1.I. The molecule has 134 valence electrons. The molecule has 0 unspecified atom stereocenters. The Morgan fingerprint density at radius 3 is 2.38 bits per heavy atom. The molecule has 0 atom stereocenters. The minimum Gasteiger partial charge on any atom is -0.356 e. The van der Waals surface area contributed by atoms with Crippen molar-refractivity contribution in [1.29, 1.82) is 0 Å². The lowest BCUT2D eigenvalue weighted by atomic mass is 9.98. The molecule has 5 nitrogen and oxygen atoms in total. The average molecular weight is 479 g/mol. The molecule has 0 amide bonds. The number of rotatable bonds is 5. The molecule has 2 rings (SSSR count). The summed E-state index contributed by atoms with van der Waals surface area (Å²) in [5, 5.41) is 13.1. The van der Waals surface area contributed by atoms with Gasteiger partial charge in [0.05, 0.1) is 27.9 Å². The summed E-state index contributed by atoms with van der Waals surface area (Å²) in [6.07, 6.45) is 0.899. The van der Waals surface area contributed by atoms with Gasteiger partial charge in [-0.3, -0.25) is 4.99 Å². The summed E-state index contributed by atoms with van der Waals surface area (Å²) < 4.78 is 0. The van der Waals surface area contributed by atoms with Gasteiger partial charge in [-0.25, -0.2) is 9.97 Å². The maximum absolute atomic E-state index is 4.68. The average Bonchev–Trinajstić information content (AvgIpc) is 3.11. The van der Waals surface area contributed by atoms with Gasteiger partial charge in [-0.1, -0.05) is 20.8 Å². The van der Waals surface area contributed by atoms with Gasteiger partial charge in [-0.2, -0.15) is 0 Å². The number of nitrogens with one attached hydrogen (secondary N) is 2. The number of aliphatic imine (C=N–C) groups is 1. The van der Waals surface area contributed by atoms with Crippen molar-refractivity contribution in [1.82, 2.24) is 20.6 Å². The predicted molar refractivity (Wildman–Crippen MR) is 115 cm³/mol. The van der Waals surface area contributed by atoms with E-state index in [1.54, 1.807) is 29.7 Å². The van der Waals surface area contributed by atoms with E-state index >= 15 is 0 Å². The smallest absolute Gasteiger partial charge is 0.191 e. The maximum atomic E-state index is 4.68. The van der Waals surface area contributed by atoms with Gasteiger partial charge in [0.1, 0.15) is 0 Å². The standard InChI is InChI=1S/C16H25N5S2.HI/c1-11-20-12(9-22-11)6-7-18-15(17-5)19-8-13-10-23-14(21-13)16(2,3)4;/h9-10H,6-8H2,1-5H3,(H2,17,18,19);1H. The molecule has 0 saturated heterocycles. The fraction of sp³-hybridized carbons (Fsp3) is 0.562. The van der Waals surface area contributed by atoms with Gasteiger partial charge >= 0.3 is 0 Å². The fourth-order valence-electron chi connectivity index (χ4n) is 1.96. The zero-order valence-electron chi connectivity index (χ0n) is 14.8. The molecule has 0 aromatic carbocycles. The van der Waals surface area contributed by atoms with E-state index in [2.05, 4.69) is 57.1 Å². The summed E-state index contributed by atoms with van der Waals surface area (Å²) in [4.78, 5) is 13.4. The molecular weight excluding hydrogens is 453 g/mol. The lowest BCUT2D eigenvalue weighted by Crippen LogP contribution is -2.38. The van der Waals surface area contributed by atoms with E-state index in [-0.39, 0.29) is 29.4 Å². The van der Waals surface area contributed by atoms with Crippen molar-refractivity contribution in [3.05, 3.63) is 32.2 Å². The third kappa shape index (κ3) is 6.64. The molecule has 8 heteroatoms. The Labute approximate surface area is 169 Å². The van der Waals surface area contributed by atoms with Gasteiger partial charge in [0.25, 0.3) is 0 Å². The molecule has 0 aliphatic heterocycles. The highest BCUT2D eigenvalue weighted by Gasteiger charge is 2.17. The summed E-state index contributed by atoms with van der Waals surface area (Å²) in [6, 6.07) is 0. The second-order valence-electron chi connectivity index (χ2n) is 6.35. The fourth-order valence-corrected chi connectivity index (χ4v) is 3.51. The number of hydrogen-bond acceptors (Lipinski definition) is 5. The summed E-state index contributed by atoms with van der Waals surface area (Å²) >= 11 is 3.40. The van der Waals surface area contributed by atoms with E-state index in [1.807, 2.05) is 6.92 Å². The highest BCUT2D eigenvalue weighted by molar-refractivity contribution is 14.0. The van der Waals surface area contributed by atoms with Gasteiger partial charge in [-0.05, 0) is 6.92 Å². The summed E-state index contributed by atoms with van der Waals surface area (Å²) in [5.74, 6) is 0.794. The minimum atomic E-state index is 0. The van der Waals surface area contributed by atoms with Gasteiger partial charge in [0, 0.05) is 36.2 Å². The Hall–Kier alpha value is -0.740. The first-order valence-electron chi connectivity index (χ1n) is 7.69. The highest BCUT2D eigenvalue weighted by atomic mass is 127. The van der Waals surface area contributed by atoms with Crippen molar-refractivity contribution >= 4 is 52.6 Å². The molecule has 2 N–H and O–H groups in total. The van der Waals surface area contributed by atoms with Crippen LogP contribution in [0.3, 0.4) is 0 Å². The molecule has 0 saturated carbocycles. The minimum absolute atomic E-state index is 0. The summed E-state index contributed by atoms with van der Waals surface area (Å²) in [5.41, 5.74) is 2.29. The van der Waals surface area contributed by atoms with E-state index in [4.69, 9.17) is 0 Å². The first-order valence-corrected chi connectivity index (χ1v) is 9.45. The van der Waals surface area contributed by atoms with Gasteiger partial charge in [0.2, 0.25) is 0 Å². The second kappa shape index (κ2) is 9.67. The van der Waals surface area contributed by atoms with Crippen LogP contribution in [0.15, 0.2) is 15.8 Å². The number of aromatic nitrogens is 2. The van der Waals surface area contributed by atoms with E-state index in [1.165, 1.54) is 0 Å². The molecule has 0 spiro atoms. The number of thiazole rings is 2. The largest absolute Gasteiger partial charge is 0.356 e. The van der Waals surface area contributed by atoms with E-state index in [9.17, 15) is 0 Å². The predicted octanol–water partition coefficient (Wildman–Crippen LogP) is 3.73. The van der Waals surface area contributed by atoms with Crippen LogP contribution in [0.25, 0.3) is 0 Å². The molecule has 2 aromatic heterocycles. The van der Waals surface area contributed by atoms with Crippen molar-refractivity contribution in [3.63, 3.8) is 0 Å². The normalized spacial score (nSPS) is 12.0. The lowest BCUT2D eigenvalue weighted by Gasteiger charge is -2.14. The molecule has 0 bridgehead atoms. The van der Waals surface area contributed by atoms with Crippen molar-refractivity contribution in [2.45, 2.75) is 46.1 Å². The topological polar surface area (TPSA) is 62.2 Å². The lowest BCUT2D eigenvalue weighted by molar-refractivity contribution is 0.582. The Bertz CT molecular complexity index is 657. The Balaban J connectivity index is 0.00000288. The molecule has 2 aromatic rings. The quantitative estimate of drug-likeness (QED) is 0.390. The number of hydrogen-bond donors (Lipinski definition) is 2. The van der Waals surface area contributed by atoms with Crippen molar-refractivity contribution in [2.75, 3.05) is 13.6 Å². The van der Waals surface area contributed by atoms with Gasteiger partial charge in [0.15, 0.2) is 5.96 Å². The van der Waals surface area contributed by atoms with Crippen LogP contribution in [0.5, 0.6) is 0 Å². The summed E-state index contributed by atoms with van der Waals surface area (Å²) in [7, 11) is 1.78. The van der Waals surface area contributed by atoms with Crippen LogP contribution in [0.1, 0.15) is 42.2 Å². The number of halogens is 1. The molecule has 0 radical (unpaired) electrons. The van der Waals surface area contributed by atoms with E-state index in [0.29, 0.717) is 6.54 Å². The van der Waals surface area contributed by atoms with Crippen LogP contribution in [0.2, 0.25) is 0 Å². The number of nitrogens with zero attached hydrogens (tertiary/aromatic N) is 3. The molecule has 0 aliphatic carbocycles. The van der Waals surface area contributed by atoms with Crippen LogP contribution in [-0.2, 0) is 18.4 Å². The van der Waals surface area contributed by atoms with Crippen molar-refractivity contribution in [2.24, 2.45) is 4.99 Å². The van der Waals surface area contributed by atoms with Gasteiger partial charge < -0.3 is 10.6 Å². The third-order valence-electron chi connectivity index (χ3n) is 3.19. The molecule has 24 heavy (non-hydrogen) atoms. The first kappa shape index (κ1) is 21.3. The molecule has 0 aliphatic rings. The van der Waals surface area contributed by atoms with Crippen LogP contribution >= 0.6 is 46.7 Å². The van der Waals surface area contributed by atoms with Crippen molar-refractivity contribution in [3.8, 4) is 0 Å². The number of aryl methyl sites for hydroxylation is 1. The molecule has 2 heterocycles. The Morgan fingerprint density at radius 1 is 1.12 bits per heavy atom. The van der Waals surface area contributed by atoms with Gasteiger partial charge in [-0.15, -0.1) is 46.7 Å². The Morgan fingerprint density at radius 2 is 1.83 bits per heavy atom. The van der Waals surface area contributed by atoms with E-state index in [0.717, 1.165) is 40.3 Å². The third-order valence-corrected chi connectivity index (χ3v) is 5.33.